The zero-order valence-electron chi connectivity index (χ0n) is 15.9. The third-order valence-electron chi connectivity index (χ3n) is 5.49. The van der Waals surface area contributed by atoms with Crippen LogP contribution < -0.4 is 11.1 Å². The van der Waals surface area contributed by atoms with Gasteiger partial charge in [-0.25, -0.2) is 4.98 Å². The van der Waals surface area contributed by atoms with Gasteiger partial charge < -0.3 is 15.6 Å². The van der Waals surface area contributed by atoms with Gasteiger partial charge in [0.1, 0.15) is 0 Å². The van der Waals surface area contributed by atoms with E-state index in [-0.39, 0.29) is 0 Å². The Morgan fingerprint density at radius 1 is 1.08 bits per heavy atom. The molecule has 1 fully saturated rings. The van der Waals surface area contributed by atoms with Crippen LogP contribution in [0.1, 0.15) is 46.1 Å². The number of benzene rings is 2. The minimum atomic E-state index is 0.353. The van der Waals surface area contributed by atoms with Crippen molar-refractivity contribution in [1.29, 1.82) is 0 Å². The van der Waals surface area contributed by atoms with Crippen LogP contribution in [-0.4, -0.2) is 9.55 Å². The highest BCUT2D eigenvalue weighted by atomic mass is 15.2. The van der Waals surface area contributed by atoms with Crippen molar-refractivity contribution in [3.63, 3.8) is 0 Å². The van der Waals surface area contributed by atoms with Gasteiger partial charge in [-0.15, -0.1) is 0 Å². The summed E-state index contributed by atoms with van der Waals surface area (Å²) in [5.74, 6) is 1.64. The van der Waals surface area contributed by atoms with Crippen molar-refractivity contribution >= 4 is 28.4 Å². The first-order chi connectivity index (χ1) is 12.4. The van der Waals surface area contributed by atoms with E-state index in [1.54, 1.807) is 0 Å². The van der Waals surface area contributed by atoms with E-state index in [4.69, 9.17) is 10.7 Å². The molecule has 1 heterocycles. The Hall–Kier alpha value is -2.49. The molecular formula is C22H28N4. The highest BCUT2D eigenvalue weighted by Gasteiger charge is 2.34. The van der Waals surface area contributed by atoms with Gasteiger partial charge in [-0.2, -0.15) is 0 Å². The summed E-state index contributed by atoms with van der Waals surface area (Å²) in [5.41, 5.74) is 10.2. The third kappa shape index (κ3) is 3.28. The van der Waals surface area contributed by atoms with Crippen molar-refractivity contribution in [1.82, 2.24) is 9.55 Å². The molecule has 3 aromatic rings. The minimum Gasteiger partial charge on any atom is -0.399 e. The first-order valence-corrected chi connectivity index (χ1v) is 9.51. The molecule has 0 spiro atoms. The summed E-state index contributed by atoms with van der Waals surface area (Å²) in [4.78, 5) is 4.90. The summed E-state index contributed by atoms with van der Waals surface area (Å²) in [7, 11) is 0. The molecule has 1 aliphatic rings. The number of nitrogens with one attached hydrogen (secondary N) is 1. The van der Waals surface area contributed by atoms with E-state index in [9.17, 15) is 0 Å². The number of anilines is 3. The standard InChI is InChI=1S/C22H28N4/c1-15-12-18(14-22(2,3)13-15)26-20-7-5-4-6-19(20)25-21(26)24-17-10-8-16(23)9-11-17/h4-11,15,18H,12-14,23H2,1-3H3,(H,24,25)/t15-,18+/m1/s1. The van der Waals surface area contributed by atoms with Gasteiger partial charge in [-0.1, -0.05) is 32.9 Å². The first-order valence-electron chi connectivity index (χ1n) is 9.51. The van der Waals surface area contributed by atoms with E-state index in [0.29, 0.717) is 17.4 Å². The monoisotopic (exact) mass is 348 g/mol. The number of rotatable bonds is 3. The topological polar surface area (TPSA) is 55.9 Å². The van der Waals surface area contributed by atoms with E-state index < -0.39 is 0 Å². The predicted molar refractivity (Wildman–Crippen MR) is 110 cm³/mol. The Bertz CT molecular complexity index is 908. The van der Waals surface area contributed by atoms with Crippen LogP contribution in [0.5, 0.6) is 0 Å². The Kier molecular flexibility index (Phi) is 4.14. The molecule has 0 bridgehead atoms. The summed E-state index contributed by atoms with van der Waals surface area (Å²) in [6, 6.07) is 16.7. The molecule has 4 rings (SSSR count). The Balaban J connectivity index is 1.77. The second-order valence-electron chi connectivity index (χ2n) is 8.61. The van der Waals surface area contributed by atoms with Crippen molar-refractivity contribution in [3.8, 4) is 0 Å². The molecule has 1 saturated carbocycles. The van der Waals surface area contributed by atoms with Gasteiger partial charge in [0.25, 0.3) is 0 Å². The molecule has 0 radical (unpaired) electrons. The lowest BCUT2D eigenvalue weighted by Gasteiger charge is -2.40. The Morgan fingerprint density at radius 2 is 1.81 bits per heavy atom. The Labute approximate surface area is 155 Å². The van der Waals surface area contributed by atoms with E-state index in [1.807, 2.05) is 24.3 Å². The fourth-order valence-electron chi connectivity index (χ4n) is 4.69. The molecule has 0 aliphatic heterocycles. The fourth-order valence-corrected chi connectivity index (χ4v) is 4.69. The second kappa shape index (κ2) is 6.35. The van der Waals surface area contributed by atoms with Crippen molar-refractivity contribution in [3.05, 3.63) is 48.5 Å². The van der Waals surface area contributed by atoms with Gasteiger partial charge >= 0.3 is 0 Å². The summed E-state index contributed by atoms with van der Waals surface area (Å²) < 4.78 is 2.42. The van der Waals surface area contributed by atoms with Gasteiger partial charge in [0.05, 0.1) is 11.0 Å². The molecule has 2 atom stereocenters. The molecule has 1 aliphatic carbocycles. The second-order valence-corrected chi connectivity index (χ2v) is 8.61. The number of hydrogen-bond donors (Lipinski definition) is 2. The van der Waals surface area contributed by atoms with Crippen molar-refractivity contribution in [2.75, 3.05) is 11.1 Å². The smallest absolute Gasteiger partial charge is 0.208 e. The van der Waals surface area contributed by atoms with Gasteiger partial charge in [-0.05, 0) is 67.0 Å². The van der Waals surface area contributed by atoms with Crippen LogP contribution >= 0.6 is 0 Å². The highest BCUT2D eigenvalue weighted by molar-refractivity contribution is 5.80. The number of nitrogens with zero attached hydrogens (tertiary/aromatic N) is 2. The highest BCUT2D eigenvalue weighted by Crippen LogP contribution is 2.45. The van der Waals surface area contributed by atoms with Gasteiger partial charge in [-0.3, -0.25) is 0 Å². The van der Waals surface area contributed by atoms with E-state index in [0.717, 1.165) is 22.8 Å². The van der Waals surface area contributed by atoms with Crippen molar-refractivity contribution in [2.24, 2.45) is 11.3 Å². The molecule has 4 nitrogen and oxygen atoms in total. The number of imidazole rings is 1. The van der Waals surface area contributed by atoms with E-state index >= 15 is 0 Å². The maximum absolute atomic E-state index is 5.82. The SMILES string of the molecule is C[C@@H]1C[C@H](n2c(Nc3ccc(N)cc3)nc3ccccc32)CC(C)(C)C1. The van der Waals surface area contributed by atoms with Crippen LogP contribution in [0.3, 0.4) is 0 Å². The number of nitrogen functional groups attached to an aromatic ring is 1. The third-order valence-corrected chi connectivity index (χ3v) is 5.49. The number of fused-ring (bicyclic) bond motifs is 1. The summed E-state index contributed by atoms with van der Waals surface area (Å²) in [5, 5.41) is 3.52. The molecule has 136 valence electrons. The van der Waals surface area contributed by atoms with Crippen LogP contribution in [0, 0.1) is 11.3 Å². The molecule has 3 N–H and O–H groups in total. The molecule has 26 heavy (non-hydrogen) atoms. The number of nitrogens with two attached hydrogens (primary N) is 1. The van der Waals surface area contributed by atoms with Gasteiger partial charge in [0.2, 0.25) is 5.95 Å². The van der Waals surface area contributed by atoms with Crippen molar-refractivity contribution in [2.45, 2.75) is 46.1 Å². The molecular weight excluding hydrogens is 320 g/mol. The van der Waals surface area contributed by atoms with Crippen LogP contribution in [0.2, 0.25) is 0 Å². The molecule has 4 heteroatoms. The summed E-state index contributed by atoms with van der Waals surface area (Å²) >= 11 is 0. The van der Waals surface area contributed by atoms with Crippen LogP contribution in [0.4, 0.5) is 17.3 Å². The molecule has 0 unspecified atom stereocenters. The normalized spacial score (nSPS) is 22.4. The summed E-state index contributed by atoms with van der Waals surface area (Å²) in [6.45, 7) is 7.16. The fraction of sp³-hybridized carbons (Fsp3) is 0.409. The zero-order chi connectivity index (χ0) is 18.3. The molecule has 1 aromatic heterocycles. The average Bonchev–Trinajstić information content (AvgIpc) is 2.93. The average molecular weight is 348 g/mol. The lowest BCUT2D eigenvalue weighted by molar-refractivity contribution is 0.140. The number of hydrogen-bond acceptors (Lipinski definition) is 3. The molecule has 2 aromatic carbocycles. The molecule has 0 amide bonds. The number of para-hydroxylation sites is 2. The lowest BCUT2D eigenvalue weighted by atomic mass is 9.70. The largest absolute Gasteiger partial charge is 0.399 e. The number of aromatic nitrogens is 2. The van der Waals surface area contributed by atoms with Gasteiger partial charge in [0.15, 0.2) is 0 Å². The quantitative estimate of drug-likeness (QED) is 0.593. The molecule has 0 saturated heterocycles. The van der Waals surface area contributed by atoms with Crippen molar-refractivity contribution < 1.29 is 0 Å². The lowest BCUT2D eigenvalue weighted by Crippen LogP contribution is -2.29. The Morgan fingerprint density at radius 3 is 2.54 bits per heavy atom. The maximum Gasteiger partial charge on any atom is 0.208 e. The first kappa shape index (κ1) is 17.0. The van der Waals surface area contributed by atoms with E-state index in [2.05, 4.69) is 54.9 Å². The van der Waals surface area contributed by atoms with Crippen LogP contribution in [0.25, 0.3) is 11.0 Å². The van der Waals surface area contributed by atoms with Crippen LogP contribution in [0.15, 0.2) is 48.5 Å². The maximum atomic E-state index is 5.82. The van der Waals surface area contributed by atoms with Crippen LogP contribution in [-0.2, 0) is 0 Å². The summed E-state index contributed by atoms with van der Waals surface area (Å²) in [6.07, 6.45) is 3.66. The zero-order valence-corrected chi connectivity index (χ0v) is 15.9. The van der Waals surface area contributed by atoms with E-state index in [1.165, 1.54) is 24.8 Å². The van der Waals surface area contributed by atoms with Gasteiger partial charge in [0, 0.05) is 17.4 Å². The predicted octanol–water partition coefficient (Wildman–Crippen LogP) is 5.75. The minimum absolute atomic E-state index is 0.353.